The Labute approximate surface area is 111 Å². The van der Waals surface area contributed by atoms with Gasteiger partial charge >= 0.3 is 5.97 Å². The molecule has 0 saturated carbocycles. The molecule has 5 nitrogen and oxygen atoms in total. The van der Waals surface area contributed by atoms with E-state index in [4.69, 9.17) is 16.7 Å². The topological polar surface area (TPSA) is 71.3 Å². The lowest BCUT2D eigenvalue weighted by Crippen LogP contribution is -2.33. The summed E-state index contributed by atoms with van der Waals surface area (Å²) in [5, 5.41) is 12.1. The smallest absolute Gasteiger partial charge is 0.308 e. The number of carboxylic acids is 1. The molecule has 1 atom stereocenters. The van der Waals surface area contributed by atoms with E-state index in [2.05, 4.69) is 5.32 Å². The van der Waals surface area contributed by atoms with Crippen LogP contribution in [0.1, 0.15) is 30.3 Å². The van der Waals surface area contributed by atoms with Crippen molar-refractivity contribution in [1.29, 1.82) is 0 Å². The molecule has 1 aromatic heterocycles. The maximum absolute atomic E-state index is 11.8. The predicted molar refractivity (Wildman–Crippen MR) is 68.8 cm³/mol. The third-order valence-electron chi connectivity index (χ3n) is 2.70. The van der Waals surface area contributed by atoms with Gasteiger partial charge in [0.2, 0.25) is 0 Å². The summed E-state index contributed by atoms with van der Waals surface area (Å²) in [6.45, 7) is 2.04. The number of nitrogens with one attached hydrogen (secondary N) is 1. The van der Waals surface area contributed by atoms with Gasteiger partial charge in [0.05, 0.1) is 10.9 Å². The first-order valence-corrected chi connectivity index (χ1v) is 6.16. The lowest BCUT2D eigenvalue weighted by atomic mass is 10.0. The van der Waals surface area contributed by atoms with Crippen molar-refractivity contribution in [2.45, 2.75) is 19.8 Å². The minimum Gasteiger partial charge on any atom is -0.481 e. The molecule has 100 valence electrons. The first-order valence-electron chi connectivity index (χ1n) is 5.78. The summed E-state index contributed by atoms with van der Waals surface area (Å²) in [6, 6.07) is 1.55. The summed E-state index contributed by atoms with van der Waals surface area (Å²) in [5.41, 5.74) is 0.417. The molecule has 0 aliphatic rings. The fraction of sp³-hybridized carbons (Fsp3) is 0.500. The Kier molecular flexibility index (Phi) is 5.22. The average molecular weight is 273 g/mol. The van der Waals surface area contributed by atoms with E-state index in [1.54, 1.807) is 23.9 Å². The van der Waals surface area contributed by atoms with E-state index in [1.807, 2.05) is 6.92 Å². The molecule has 0 aliphatic heterocycles. The van der Waals surface area contributed by atoms with Crippen LogP contribution >= 0.6 is 11.6 Å². The quantitative estimate of drug-likeness (QED) is 0.831. The molecule has 1 amide bonds. The van der Waals surface area contributed by atoms with Crippen LogP contribution in [0.5, 0.6) is 0 Å². The highest BCUT2D eigenvalue weighted by molar-refractivity contribution is 6.31. The Balaban J connectivity index is 2.60. The molecule has 0 bridgehead atoms. The van der Waals surface area contributed by atoms with Crippen molar-refractivity contribution in [3.8, 4) is 0 Å². The van der Waals surface area contributed by atoms with Gasteiger partial charge in [-0.25, -0.2) is 0 Å². The van der Waals surface area contributed by atoms with Crippen molar-refractivity contribution >= 4 is 23.5 Å². The van der Waals surface area contributed by atoms with Crippen molar-refractivity contribution in [2.75, 3.05) is 6.54 Å². The average Bonchev–Trinajstić information content (AvgIpc) is 2.63. The number of aryl methyl sites for hydroxylation is 1. The van der Waals surface area contributed by atoms with Crippen LogP contribution in [0.4, 0.5) is 0 Å². The Morgan fingerprint density at radius 3 is 2.67 bits per heavy atom. The Morgan fingerprint density at radius 1 is 1.56 bits per heavy atom. The van der Waals surface area contributed by atoms with E-state index in [9.17, 15) is 9.59 Å². The number of hydrogen-bond donors (Lipinski definition) is 2. The van der Waals surface area contributed by atoms with Gasteiger partial charge in [-0.2, -0.15) is 0 Å². The van der Waals surface area contributed by atoms with Gasteiger partial charge in [0, 0.05) is 19.8 Å². The van der Waals surface area contributed by atoms with Gasteiger partial charge in [0.1, 0.15) is 5.69 Å². The molecule has 1 unspecified atom stereocenters. The van der Waals surface area contributed by atoms with Gasteiger partial charge in [-0.3, -0.25) is 9.59 Å². The Hall–Kier alpha value is -1.49. The van der Waals surface area contributed by atoms with E-state index in [0.29, 0.717) is 17.1 Å². The summed E-state index contributed by atoms with van der Waals surface area (Å²) in [7, 11) is 1.71. The third-order valence-corrected chi connectivity index (χ3v) is 2.91. The number of carboxylic acid groups (broad SMARTS) is 1. The fourth-order valence-corrected chi connectivity index (χ4v) is 1.97. The van der Waals surface area contributed by atoms with Crippen molar-refractivity contribution < 1.29 is 14.7 Å². The second-order valence-electron chi connectivity index (χ2n) is 4.19. The first kappa shape index (κ1) is 14.6. The van der Waals surface area contributed by atoms with Gasteiger partial charge < -0.3 is 15.0 Å². The summed E-state index contributed by atoms with van der Waals surface area (Å²) in [4.78, 5) is 22.8. The van der Waals surface area contributed by atoms with Crippen molar-refractivity contribution in [1.82, 2.24) is 9.88 Å². The Bertz CT molecular complexity index is 443. The van der Waals surface area contributed by atoms with Crippen molar-refractivity contribution in [3.05, 3.63) is 23.0 Å². The number of nitrogens with zero attached hydrogens (tertiary/aromatic N) is 1. The van der Waals surface area contributed by atoms with Gasteiger partial charge in [0.25, 0.3) is 5.91 Å². The molecular formula is C12H17ClN2O3. The van der Waals surface area contributed by atoms with Gasteiger partial charge in [-0.15, -0.1) is 0 Å². The second-order valence-corrected chi connectivity index (χ2v) is 4.62. The number of carbonyl (C=O) groups is 2. The highest BCUT2D eigenvalue weighted by Crippen LogP contribution is 2.13. The van der Waals surface area contributed by atoms with E-state index < -0.39 is 11.9 Å². The molecule has 0 radical (unpaired) electrons. The summed E-state index contributed by atoms with van der Waals surface area (Å²) in [5.74, 6) is -1.75. The van der Waals surface area contributed by atoms with Crippen LogP contribution in [0.2, 0.25) is 5.02 Å². The van der Waals surface area contributed by atoms with Crippen molar-refractivity contribution in [3.63, 3.8) is 0 Å². The molecular weight excluding hydrogens is 256 g/mol. The second kappa shape index (κ2) is 6.44. The zero-order valence-corrected chi connectivity index (χ0v) is 11.2. The fourth-order valence-electron chi connectivity index (χ4n) is 1.72. The number of halogens is 1. The van der Waals surface area contributed by atoms with E-state index >= 15 is 0 Å². The zero-order valence-electron chi connectivity index (χ0n) is 10.4. The number of hydrogen-bond acceptors (Lipinski definition) is 2. The van der Waals surface area contributed by atoms with Crippen LogP contribution < -0.4 is 5.32 Å². The zero-order chi connectivity index (χ0) is 13.7. The largest absolute Gasteiger partial charge is 0.481 e. The normalized spacial score (nSPS) is 12.2. The van der Waals surface area contributed by atoms with Crippen LogP contribution in [0, 0.1) is 5.92 Å². The van der Waals surface area contributed by atoms with Gasteiger partial charge in [-0.1, -0.05) is 24.9 Å². The third kappa shape index (κ3) is 3.77. The number of aromatic nitrogens is 1. The first-order chi connectivity index (χ1) is 8.45. The SMILES string of the molecule is CCCC(CNC(=O)c1cc(Cl)cn1C)C(=O)O. The van der Waals surface area contributed by atoms with E-state index in [0.717, 1.165) is 6.42 Å². The maximum Gasteiger partial charge on any atom is 0.308 e. The van der Waals surface area contributed by atoms with Crippen LogP contribution in [0.15, 0.2) is 12.3 Å². The molecule has 1 heterocycles. The molecule has 0 aliphatic carbocycles. The van der Waals surface area contributed by atoms with Crippen molar-refractivity contribution in [2.24, 2.45) is 13.0 Å². The minimum atomic E-state index is -0.887. The molecule has 1 rings (SSSR count). The predicted octanol–water partition coefficient (Wildman–Crippen LogP) is 1.91. The van der Waals surface area contributed by atoms with Gasteiger partial charge in [-0.05, 0) is 12.5 Å². The van der Waals surface area contributed by atoms with Crippen LogP contribution in [0.3, 0.4) is 0 Å². The number of rotatable bonds is 6. The number of aliphatic carboxylic acids is 1. The molecule has 18 heavy (non-hydrogen) atoms. The highest BCUT2D eigenvalue weighted by atomic mass is 35.5. The number of carbonyl (C=O) groups excluding carboxylic acids is 1. The maximum atomic E-state index is 11.8. The van der Waals surface area contributed by atoms with Crippen LogP contribution in [0.25, 0.3) is 0 Å². The monoisotopic (exact) mass is 272 g/mol. The molecule has 1 aromatic rings. The molecule has 2 N–H and O–H groups in total. The van der Waals surface area contributed by atoms with Crippen LogP contribution in [-0.4, -0.2) is 28.1 Å². The highest BCUT2D eigenvalue weighted by Gasteiger charge is 2.18. The lowest BCUT2D eigenvalue weighted by molar-refractivity contribution is -0.141. The summed E-state index contributed by atoms with van der Waals surface area (Å²) >= 11 is 5.78. The molecule has 0 fully saturated rings. The Morgan fingerprint density at radius 2 is 2.22 bits per heavy atom. The minimum absolute atomic E-state index is 0.130. The van der Waals surface area contributed by atoms with E-state index in [1.165, 1.54) is 0 Å². The lowest BCUT2D eigenvalue weighted by Gasteiger charge is -2.12. The van der Waals surface area contributed by atoms with Crippen LogP contribution in [-0.2, 0) is 11.8 Å². The van der Waals surface area contributed by atoms with E-state index in [-0.39, 0.29) is 12.5 Å². The number of amides is 1. The summed E-state index contributed by atoms with van der Waals surface area (Å²) in [6.07, 6.45) is 2.93. The molecule has 0 saturated heterocycles. The molecule has 6 heteroatoms. The summed E-state index contributed by atoms with van der Waals surface area (Å²) < 4.78 is 1.60. The molecule has 0 spiro atoms. The molecule has 0 aromatic carbocycles. The standard InChI is InChI=1S/C12H17ClN2O3/c1-3-4-8(12(17)18)6-14-11(16)10-5-9(13)7-15(10)2/h5,7-8H,3-4,6H2,1-2H3,(H,14,16)(H,17,18). The van der Waals surface area contributed by atoms with Gasteiger partial charge in [0.15, 0.2) is 0 Å².